The van der Waals surface area contributed by atoms with Gasteiger partial charge in [0.05, 0.1) is 0 Å². The molecule has 0 aromatic heterocycles. The van der Waals surface area contributed by atoms with Crippen molar-refractivity contribution in [3.8, 4) is 0 Å². The first-order valence-electron chi connectivity index (χ1n) is 4.34. The zero-order valence-corrected chi connectivity index (χ0v) is 9.30. The second-order valence-electron chi connectivity index (χ2n) is 2.88. The summed E-state index contributed by atoms with van der Waals surface area (Å²) in [4.78, 5) is 28.2. The number of phosphoric acid groups is 1. The normalized spacial score (nSPS) is 12.1. The molecule has 0 heterocycles. The van der Waals surface area contributed by atoms with E-state index in [1.54, 1.807) is 18.2 Å². The van der Waals surface area contributed by atoms with Gasteiger partial charge in [-0.1, -0.05) is 18.2 Å². The van der Waals surface area contributed by atoms with Gasteiger partial charge >= 0.3 is 7.82 Å². The van der Waals surface area contributed by atoms with Crippen molar-refractivity contribution >= 4 is 19.4 Å². The van der Waals surface area contributed by atoms with E-state index in [-0.39, 0.29) is 6.33 Å². The van der Waals surface area contributed by atoms with Crippen LogP contribution in [0.5, 0.6) is 0 Å². The minimum absolute atomic E-state index is 0.322. The van der Waals surface area contributed by atoms with Gasteiger partial charge in [-0.2, -0.15) is 0 Å². The van der Waals surface area contributed by atoms with Gasteiger partial charge in [0.25, 0.3) is 5.91 Å². The van der Waals surface area contributed by atoms with Crippen LogP contribution in [0, 0.1) is 0 Å². The highest BCUT2D eigenvalue weighted by molar-refractivity contribution is 7.46. The van der Waals surface area contributed by atoms with Gasteiger partial charge in [-0.05, 0) is 12.1 Å². The quantitative estimate of drug-likeness (QED) is 0.434. The van der Waals surface area contributed by atoms with Crippen LogP contribution in [0.15, 0.2) is 42.4 Å². The van der Waals surface area contributed by atoms with Crippen LogP contribution in [0.2, 0.25) is 0 Å². The Morgan fingerprint density at radius 1 is 1.35 bits per heavy atom. The Morgan fingerprint density at radius 2 is 1.94 bits per heavy atom. The van der Waals surface area contributed by atoms with E-state index in [0.29, 0.717) is 5.69 Å². The molecule has 0 aliphatic carbocycles. The molecule has 1 rings (SSSR count). The number of para-hydroxylation sites is 1. The number of hydrogen-bond acceptors (Lipinski definition) is 3. The van der Waals surface area contributed by atoms with Gasteiger partial charge in [0.15, 0.2) is 0 Å². The fraction of sp³-hybridized carbons (Fsp3) is 0. The van der Waals surface area contributed by atoms with E-state index in [4.69, 9.17) is 9.79 Å². The fourth-order valence-electron chi connectivity index (χ4n) is 0.953. The number of carbonyl (C=O) groups excluding carboxylic acids is 1. The predicted molar refractivity (Wildman–Crippen MR) is 57.4 cm³/mol. The highest BCUT2D eigenvalue weighted by Crippen LogP contribution is 2.39. The molecule has 3 N–H and O–H groups in total. The van der Waals surface area contributed by atoms with Crippen LogP contribution in [0.1, 0.15) is 0 Å². The Hall–Kier alpha value is -1.69. The second-order valence-corrected chi connectivity index (χ2v) is 4.04. The number of rotatable bonds is 4. The van der Waals surface area contributed by atoms with Crippen molar-refractivity contribution in [2.75, 3.05) is 5.32 Å². The summed E-state index contributed by atoms with van der Waals surface area (Å²) < 4.78 is 26.6. The maximum absolute atomic E-state index is 12.2. The van der Waals surface area contributed by atoms with E-state index in [0.717, 1.165) is 0 Å². The molecule has 0 aliphatic heterocycles. The zero-order chi connectivity index (χ0) is 12.9. The Balaban J connectivity index is 2.73. The van der Waals surface area contributed by atoms with Crippen LogP contribution in [-0.4, -0.2) is 15.7 Å². The van der Waals surface area contributed by atoms with Crippen molar-refractivity contribution < 1.29 is 28.1 Å². The Labute approximate surface area is 96.0 Å². The molecule has 0 bridgehead atoms. The molecule has 0 saturated carbocycles. The summed E-state index contributed by atoms with van der Waals surface area (Å²) >= 11 is 0. The third kappa shape index (κ3) is 4.78. The summed E-state index contributed by atoms with van der Waals surface area (Å²) in [6.45, 7) is 0. The largest absolute Gasteiger partial charge is 0.525 e. The van der Waals surface area contributed by atoms with Crippen LogP contribution >= 0.6 is 7.82 Å². The molecule has 0 spiro atoms. The van der Waals surface area contributed by atoms with E-state index in [1.807, 2.05) is 0 Å². The van der Waals surface area contributed by atoms with E-state index in [2.05, 4.69) is 9.84 Å². The number of nitrogens with one attached hydrogen (secondary N) is 1. The summed E-state index contributed by atoms with van der Waals surface area (Å²) in [5.74, 6) is -2.19. The highest BCUT2D eigenvalue weighted by Gasteiger charge is 2.23. The monoisotopic (exact) mass is 261 g/mol. The van der Waals surface area contributed by atoms with Gasteiger partial charge in [0.1, 0.15) is 6.33 Å². The van der Waals surface area contributed by atoms with Crippen LogP contribution < -0.4 is 5.32 Å². The molecule has 1 aromatic rings. The summed E-state index contributed by atoms with van der Waals surface area (Å²) in [5, 5.41) is 2.20. The number of carbonyl (C=O) groups is 1. The molecular formula is C9H9FNO5P. The molecule has 0 saturated heterocycles. The molecular weight excluding hydrogens is 252 g/mol. The lowest BCUT2D eigenvalue weighted by Gasteiger charge is -2.09. The van der Waals surface area contributed by atoms with Crippen LogP contribution in [0.4, 0.5) is 10.1 Å². The molecule has 92 valence electrons. The first-order valence-corrected chi connectivity index (χ1v) is 5.87. The first kappa shape index (κ1) is 13.4. The molecule has 6 nitrogen and oxygen atoms in total. The molecule has 1 aromatic carbocycles. The third-order valence-corrected chi connectivity index (χ3v) is 2.01. The van der Waals surface area contributed by atoms with Gasteiger partial charge < -0.3 is 9.84 Å². The van der Waals surface area contributed by atoms with Crippen LogP contribution in [-0.2, 0) is 13.9 Å². The lowest BCUT2D eigenvalue weighted by molar-refractivity contribution is -0.115. The maximum atomic E-state index is 12.2. The molecule has 1 amide bonds. The molecule has 17 heavy (non-hydrogen) atoms. The molecule has 0 fully saturated rings. The first-order chi connectivity index (χ1) is 7.92. The van der Waals surface area contributed by atoms with Crippen molar-refractivity contribution in [1.82, 2.24) is 0 Å². The van der Waals surface area contributed by atoms with Crippen molar-refractivity contribution in [2.24, 2.45) is 0 Å². The average molecular weight is 261 g/mol. The van der Waals surface area contributed by atoms with Gasteiger partial charge in [-0.25, -0.2) is 8.96 Å². The zero-order valence-electron chi connectivity index (χ0n) is 8.41. The molecule has 0 atom stereocenters. The lowest BCUT2D eigenvalue weighted by Crippen LogP contribution is -2.15. The molecule has 8 heteroatoms. The summed E-state index contributed by atoms with van der Waals surface area (Å²) in [6.07, 6.45) is -0.322. The number of hydrogen-bond donors (Lipinski definition) is 3. The van der Waals surface area contributed by atoms with Gasteiger partial charge in [0, 0.05) is 5.69 Å². The molecule has 0 radical (unpaired) electrons. The van der Waals surface area contributed by atoms with Crippen molar-refractivity contribution in [3.05, 3.63) is 42.4 Å². The number of phosphoric ester groups is 1. The smallest absolute Gasteiger partial charge is 0.396 e. The van der Waals surface area contributed by atoms with Crippen molar-refractivity contribution in [2.45, 2.75) is 0 Å². The summed E-state index contributed by atoms with van der Waals surface area (Å²) in [5.41, 5.74) is 0.339. The number of benzene rings is 1. The van der Waals surface area contributed by atoms with E-state index < -0.39 is 19.5 Å². The number of anilines is 1. The second kappa shape index (κ2) is 5.58. The number of amides is 1. The van der Waals surface area contributed by atoms with Crippen molar-refractivity contribution in [1.29, 1.82) is 0 Å². The van der Waals surface area contributed by atoms with E-state index >= 15 is 0 Å². The standard InChI is InChI=1S/C9H9FNO5P/c10-6-8(16-17(13,14)15)9(12)11-7-4-2-1-3-5-7/h1-6H,(H,11,12)(H2,13,14,15). The number of halogens is 1. The predicted octanol–water partition coefficient (Wildman–Crippen LogP) is 1.55. The topological polar surface area (TPSA) is 95.9 Å². The van der Waals surface area contributed by atoms with E-state index in [1.165, 1.54) is 12.1 Å². The lowest BCUT2D eigenvalue weighted by atomic mass is 10.3. The minimum atomic E-state index is -4.97. The highest BCUT2D eigenvalue weighted by atomic mass is 31.2. The average Bonchev–Trinajstić information content (AvgIpc) is 2.26. The third-order valence-electron chi connectivity index (χ3n) is 1.57. The Bertz CT molecular complexity index is 470. The van der Waals surface area contributed by atoms with Gasteiger partial charge in [-0.3, -0.25) is 14.6 Å². The summed E-state index contributed by atoms with van der Waals surface area (Å²) in [7, 11) is -4.97. The van der Waals surface area contributed by atoms with Crippen LogP contribution in [0.25, 0.3) is 0 Å². The Kier molecular flexibility index (Phi) is 4.39. The summed E-state index contributed by atoms with van der Waals surface area (Å²) in [6, 6.07) is 7.99. The van der Waals surface area contributed by atoms with Gasteiger partial charge in [0.2, 0.25) is 5.76 Å². The minimum Gasteiger partial charge on any atom is -0.396 e. The maximum Gasteiger partial charge on any atom is 0.525 e. The van der Waals surface area contributed by atoms with E-state index in [9.17, 15) is 13.8 Å². The van der Waals surface area contributed by atoms with Crippen molar-refractivity contribution in [3.63, 3.8) is 0 Å². The van der Waals surface area contributed by atoms with Gasteiger partial charge in [-0.15, -0.1) is 0 Å². The Morgan fingerprint density at radius 3 is 2.41 bits per heavy atom. The fourth-order valence-corrected chi connectivity index (χ4v) is 1.33. The SMILES string of the molecule is O=C(Nc1ccccc1)C(=CF)OP(=O)(O)O. The van der Waals surface area contributed by atoms with Crippen LogP contribution in [0.3, 0.4) is 0 Å². The molecule has 0 unspecified atom stereocenters. The molecule has 0 aliphatic rings.